The predicted molar refractivity (Wildman–Crippen MR) is 120 cm³/mol. The molecule has 1 unspecified atom stereocenters. The van der Waals surface area contributed by atoms with E-state index in [-0.39, 0.29) is 29.2 Å². The highest BCUT2D eigenvalue weighted by molar-refractivity contribution is 6.01. The van der Waals surface area contributed by atoms with E-state index in [0.29, 0.717) is 0 Å². The molecule has 0 spiro atoms. The fourth-order valence-electron chi connectivity index (χ4n) is 3.95. The molecule has 2 aromatic carbocycles. The quantitative estimate of drug-likeness (QED) is 0.302. The van der Waals surface area contributed by atoms with Crippen LogP contribution in [0.4, 0.5) is 0 Å². The van der Waals surface area contributed by atoms with Crippen LogP contribution in [-0.4, -0.2) is 31.6 Å². The number of nitrogens with zero attached hydrogens (tertiary/aromatic N) is 4. The lowest BCUT2D eigenvalue weighted by molar-refractivity contribution is 0.973. The molecule has 0 amide bonds. The molecule has 1 atom stereocenters. The second kappa shape index (κ2) is 7.10. The van der Waals surface area contributed by atoms with Gasteiger partial charge in [0.25, 0.3) is 0 Å². The van der Waals surface area contributed by atoms with Gasteiger partial charge in [-0.25, -0.2) is 19.9 Å². The van der Waals surface area contributed by atoms with E-state index >= 15 is 0 Å². The maximum Gasteiger partial charge on any atom is 0.194 e. The Bertz CT molecular complexity index is 1370. The van der Waals surface area contributed by atoms with Crippen molar-refractivity contribution in [1.29, 1.82) is 10.8 Å². The monoisotopic (exact) mass is 406 g/mol. The van der Waals surface area contributed by atoms with Crippen molar-refractivity contribution in [1.82, 2.24) is 19.9 Å². The SMILES string of the molecule is N=C(N)c1ncc(-c2ccc3cccc4c3c2C=CC4c2cnc(C(=N)N)nc2)cn1. The Hall–Kier alpha value is -4.46. The van der Waals surface area contributed by atoms with Gasteiger partial charge >= 0.3 is 0 Å². The van der Waals surface area contributed by atoms with Crippen molar-refractivity contribution >= 4 is 28.5 Å². The fourth-order valence-corrected chi connectivity index (χ4v) is 3.95. The van der Waals surface area contributed by atoms with Crippen LogP contribution in [0.2, 0.25) is 0 Å². The van der Waals surface area contributed by atoms with E-state index in [4.69, 9.17) is 22.3 Å². The standard InChI is InChI=1S/C23H18N8/c24-20(25)22-28-8-13(9-29-22)15-5-4-12-2-1-3-17-16(6-7-18(15)19(12)17)14-10-30-23(21(26)27)31-11-14/h1-11,16H,(H3,24,25)(H3,26,27). The lowest BCUT2D eigenvalue weighted by atomic mass is 9.81. The van der Waals surface area contributed by atoms with Crippen molar-refractivity contribution in [3.8, 4) is 11.1 Å². The topological polar surface area (TPSA) is 151 Å². The van der Waals surface area contributed by atoms with Gasteiger partial charge in [-0.05, 0) is 27.5 Å². The molecule has 4 aromatic rings. The molecule has 31 heavy (non-hydrogen) atoms. The normalized spacial score (nSPS) is 14.5. The number of nitrogens with one attached hydrogen (secondary N) is 2. The highest BCUT2D eigenvalue weighted by Crippen LogP contribution is 2.41. The smallest absolute Gasteiger partial charge is 0.194 e. The van der Waals surface area contributed by atoms with Crippen molar-refractivity contribution < 1.29 is 0 Å². The number of hydrogen-bond acceptors (Lipinski definition) is 6. The molecule has 0 saturated heterocycles. The molecule has 8 heteroatoms. The van der Waals surface area contributed by atoms with E-state index in [2.05, 4.69) is 56.4 Å². The number of nitrogens with two attached hydrogens (primary N) is 2. The van der Waals surface area contributed by atoms with E-state index in [9.17, 15) is 0 Å². The van der Waals surface area contributed by atoms with Gasteiger partial charge in [-0.15, -0.1) is 0 Å². The zero-order valence-electron chi connectivity index (χ0n) is 16.4. The van der Waals surface area contributed by atoms with Crippen LogP contribution in [0.15, 0.2) is 61.2 Å². The molecule has 2 aromatic heterocycles. The minimum absolute atomic E-state index is 0.0104. The molecule has 1 aliphatic rings. The molecule has 1 aliphatic carbocycles. The molecule has 0 saturated carbocycles. The third-order valence-corrected chi connectivity index (χ3v) is 5.38. The zero-order valence-corrected chi connectivity index (χ0v) is 16.4. The van der Waals surface area contributed by atoms with Gasteiger partial charge in [0.2, 0.25) is 0 Å². The summed E-state index contributed by atoms with van der Waals surface area (Å²) in [6.07, 6.45) is 11.1. The molecule has 0 radical (unpaired) electrons. The van der Waals surface area contributed by atoms with E-state index < -0.39 is 0 Å². The third-order valence-electron chi connectivity index (χ3n) is 5.38. The van der Waals surface area contributed by atoms with Crippen molar-refractivity contribution in [2.75, 3.05) is 0 Å². The number of rotatable bonds is 4. The van der Waals surface area contributed by atoms with Gasteiger partial charge in [0.1, 0.15) is 0 Å². The minimum atomic E-state index is -0.158. The summed E-state index contributed by atoms with van der Waals surface area (Å²) in [5.41, 5.74) is 16.0. The third kappa shape index (κ3) is 3.10. The molecule has 8 nitrogen and oxygen atoms in total. The van der Waals surface area contributed by atoms with E-state index in [1.807, 2.05) is 6.07 Å². The van der Waals surface area contributed by atoms with Gasteiger partial charge in [0.15, 0.2) is 23.3 Å². The van der Waals surface area contributed by atoms with Crippen molar-refractivity contribution in [3.05, 3.63) is 89.5 Å². The molecule has 0 fully saturated rings. The Morgan fingerprint density at radius 2 is 1.45 bits per heavy atom. The van der Waals surface area contributed by atoms with Crippen LogP contribution in [0.3, 0.4) is 0 Å². The summed E-state index contributed by atoms with van der Waals surface area (Å²) in [5.74, 6) is 0.112. The average Bonchev–Trinajstić information content (AvgIpc) is 2.80. The first kappa shape index (κ1) is 18.6. The highest BCUT2D eigenvalue weighted by atomic mass is 14.9. The number of nitrogen functional groups attached to an aromatic ring is 2. The van der Waals surface area contributed by atoms with Crippen molar-refractivity contribution in [2.24, 2.45) is 11.5 Å². The van der Waals surface area contributed by atoms with Crippen LogP contribution >= 0.6 is 0 Å². The van der Waals surface area contributed by atoms with Crippen LogP contribution in [0, 0.1) is 10.8 Å². The van der Waals surface area contributed by atoms with Crippen LogP contribution in [0.1, 0.15) is 34.3 Å². The first-order chi connectivity index (χ1) is 15.0. The lowest BCUT2D eigenvalue weighted by Crippen LogP contribution is -2.16. The number of hydrogen-bond donors (Lipinski definition) is 4. The van der Waals surface area contributed by atoms with Gasteiger partial charge in [-0.1, -0.05) is 42.5 Å². The first-order valence-corrected chi connectivity index (χ1v) is 9.60. The second-order valence-corrected chi connectivity index (χ2v) is 7.27. The Morgan fingerprint density at radius 1 is 0.806 bits per heavy atom. The van der Waals surface area contributed by atoms with Gasteiger partial charge in [0, 0.05) is 41.8 Å². The molecule has 5 rings (SSSR count). The molecule has 2 heterocycles. The number of allylic oxidation sites excluding steroid dienone is 1. The van der Waals surface area contributed by atoms with Crippen LogP contribution in [-0.2, 0) is 0 Å². The molecule has 150 valence electrons. The Morgan fingerprint density at radius 3 is 2.10 bits per heavy atom. The maximum atomic E-state index is 7.49. The summed E-state index contributed by atoms with van der Waals surface area (Å²) in [6, 6.07) is 10.4. The molecular formula is C23H18N8. The van der Waals surface area contributed by atoms with E-state index in [0.717, 1.165) is 38.6 Å². The van der Waals surface area contributed by atoms with Gasteiger partial charge in [-0.2, -0.15) is 0 Å². The first-order valence-electron chi connectivity index (χ1n) is 9.60. The lowest BCUT2D eigenvalue weighted by Gasteiger charge is -2.23. The Labute approximate surface area is 177 Å². The van der Waals surface area contributed by atoms with Gasteiger partial charge in [-0.3, -0.25) is 10.8 Å². The van der Waals surface area contributed by atoms with E-state index in [1.54, 1.807) is 24.8 Å². The average molecular weight is 406 g/mol. The summed E-state index contributed by atoms with van der Waals surface area (Å²) < 4.78 is 0. The molecular weight excluding hydrogens is 388 g/mol. The number of aromatic nitrogens is 4. The second-order valence-electron chi connectivity index (χ2n) is 7.27. The van der Waals surface area contributed by atoms with Crippen molar-refractivity contribution in [3.63, 3.8) is 0 Å². The van der Waals surface area contributed by atoms with Crippen LogP contribution in [0.25, 0.3) is 28.0 Å². The highest BCUT2D eigenvalue weighted by Gasteiger charge is 2.22. The summed E-state index contributed by atoms with van der Waals surface area (Å²) in [7, 11) is 0. The van der Waals surface area contributed by atoms with Crippen LogP contribution < -0.4 is 11.5 Å². The molecule has 6 N–H and O–H groups in total. The Kier molecular flexibility index (Phi) is 4.25. The summed E-state index contributed by atoms with van der Waals surface area (Å²) in [4.78, 5) is 16.9. The van der Waals surface area contributed by atoms with Crippen molar-refractivity contribution in [2.45, 2.75) is 5.92 Å². The number of benzene rings is 2. The fraction of sp³-hybridized carbons (Fsp3) is 0.0435. The minimum Gasteiger partial charge on any atom is -0.381 e. The van der Waals surface area contributed by atoms with Gasteiger partial charge < -0.3 is 11.5 Å². The Balaban J connectivity index is 1.64. The molecule has 0 bridgehead atoms. The maximum absolute atomic E-state index is 7.49. The summed E-state index contributed by atoms with van der Waals surface area (Å²) >= 11 is 0. The van der Waals surface area contributed by atoms with E-state index in [1.165, 1.54) is 0 Å². The zero-order chi connectivity index (χ0) is 21.5. The largest absolute Gasteiger partial charge is 0.381 e. The summed E-state index contributed by atoms with van der Waals surface area (Å²) in [6.45, 7) is 0. The predicted octanol–water partition coefficient (Wildman–Crippen LogP) is 2.81. The van der Waals surface area contributed by atoms with Crippen LogP contribution in [0.5, 0.6) is 0 Å². The number of amidine groups is 2. The molecule has 0 aliphatic heterocycles. The summed E-state index contributed by atoms with van der Waals surface area (Å²) in [5, 5.41) is 17.3. The van der Waals surface area contributed by atoms with Gasteiger partial charge in [0.05, 0.1) is 0 Å².